The van der Waals surface area contributed by atoms with E-state index in [4.69, 9.17) is 4.98 Å². The fourth-order valence-corrected chi connectivity index (χ4v) is 3.75. The number of benzene rings is 1. The monoisotopic (exact) mass is 337 g/mol. The molecule has 5 heteroatoms. The highest BCUT2D eigenvalue weighted by molar-refractivity contribution is 5.98. The van der Waals surface area contributed by atoms with Crippen molar-refractivity contribution in [2.24, 2.45) is 0 Å². The first kappa shape index (κ1) is 16.2. The van der Waals surface area contributed by atoms with Gasteiger partial charge in [0, 0.05) is 12.6 Å². The zero-order chi connectivity index (χ0) is 17.4. The molecule has 0 spiro atoms. The number of ketones is 1. The molecule has 0 amide bonds. The molecule has 1 fully saturated rings. The number of hydrogen-bond donors (Lipinski definition) is 1. The molecule has 1 saturated heterocycles. The summed E-state index contributed by atoms with van der Waals surface area (Å²) in [5.74, 6) is 1.17. The van der Waals surface area contributed by atoms with Gasteiger partial charge in [-0.3, -0.25) is 4.79 Å². The predicted molar refractivity (Wildman–Crippen MR) is 97.4 cm³/mol. The third kappa shape index (κ3) is 3.29. The van der Waals surface area contributed by atoms with Crippen LogP contribution in [-0.2, 0) is 6.42 Å². The van der Waals surface area contributed by atoms with Crippen molar-refractivity contribution >= 4 is 11.7 Å². The number of hydrogen-bond acceptors (Lipinski definition) is 4. The van der Waals surface area contributed by atoms with Crippen LogP contribution in [0.15, 0.2) is 30.5 Å². The number of quaternary nitrogens is 1. The molecule has 1 aromatic heterocycles. The van der Waals surface area contributed by atoms with Crippen LogP contribution in [-0.4, -0.2) is 49.0 Å². The van der Waals surface area contributed by atoms with Crippen molar-refractivity contribution in [2.45, 2.75) is 25.7 Å². The van der Waals surface area contributed by atoms with E-state index in [9.17, 15) is 4.79 Å². The number of piperazine rings is 1. The third-order valence-corrected chi connectivity index (χ3v) is 5.48. The number of anilines is 1. The number of nitrogens with one attached hydrogen (secondary N) is 1. The number of aryl methyl sites for hydroxylation is 1. The second-order valence-electron chi connectivity index (χ2n) is 7.41. The molecule has 130 valence electrons. The average Bonchev–Trinajstić information content (AvgIpc) is 2.62. The first-order valence-corrected chi connectivity index (χ1v) is 9.12. The van der Waals surface area contributed by atoms with E-state index in [-0.39, 0.29) is 11.7 Å². The summed E-state index contributed by atoms with van der Waals surface area (Å²) >= 11 is 0. The van der Waals surface area contributed by atoms with Gasteiger partial charge in [-0.05, 0) is 24.8 Å². The van der Waals surface area contributed by atoms with Gasteiger partial charge < -0.3 is 9.80 Å². The Labute approximate surface area is 148 Å². The Morgan fingerprint density at radius 2 is 1.84 bits per heavy atom. The number of fused-ring (bicyclic) bond motifs is 1. The number of nitrogens with zero attached hydrogens (tertiary/aromatic N) is 3. The fraction of sp³-hybridized carbons (Fsp3) is 0.450. The fourth-order valence-electron chi connectivity index (χ4n) is 3.75. The Bertz CT molecular complexity index is 779. The molecule has 2 heterocycles. The Kier molecular flexibility index (Phi) is 4.25. The van der Waals surface area contributed by atoms with E-state index in [0.717, 1.165) is 44.2 Å². The van der Waals surface area contributed by atoms with Crippen LogP contribution in [0.3, 0.4) is 0 Å². The van der Waals surface area contributed by atoms with Crippen LogP contribution in [0, 0.1) is 6.92 Å². The highest BCUT2D eigenvalue weighted by Gasteiger charge is 2.29. The summed E-state index contributed by atoms with van der Waals surface area (Å²) in [6.07, 6.45) is 3.12. The van der Waals surface area contributed by atoms with Gasteiger partial charge in [0.2, 0.25) is 5.95 Å². The maximum absolute atomic E-state index is 12.6. The second kappa shape index (κ2) is 6.56. The molecule has 25 heavy (non-hydrogen) atoms. The lowest BCUT2D eigenvalue weighted by Gasteiger charge is -2.31. The number of Topliss-reactive ketones (excluding diaryl/α,β-unsaturated/α-hetero) is 1. The van der Waals surface area contributed by atoms with Gasteiger partial charge in [0.1, 0.15) is 0 Å². The molecule has 1 atom stereocenters. The highest BCUT2D eigenvalue weighted by Crippen LogP contribution is 2.32. The van der Waals surface area contributed by atoms with E-state index in [0.29, 0.717) is 12.0 Å². The lowest BCUT2D eigenvalue weighted by Crippen LogP contribution is -3.12. The number of rotatable bonds is 2. The van der Waals surface area contributed by atoms with Gasteiger partial charge in [-0.2, -0.15) is 0 Å². The quantitative estimate of drug-likeness (QED) is 0.889. The minimum absolute atomic E-state index is 0.168. The molecular weight excluding hydrogens is 312 g/mol. The van der Waals surface area contributed by atoms with Gasteiger partial charge in [0.05, 0.1) is 44.5 Å². The van der Waals surface area contributed by atoms with Crippen LogP contribution < -0.4 is 9.80 Å². The summed E-state index contributed by atoms with van der Waals surface area (Å²) in [6.45, 7) is 6.24. The first-order valence-electron chi connectivity index (χ1n) is 9.12. The van der Waals surface area contributed by atoms with E-state index >= 15 is 0 Å². The van der Waals surface area contributed by atoms with Crippen molar-refractivity contribution < 1.29 is 9.69 Å². The molecule has 5 nitrogen and oxygen atoms in total. The molecule has 1 aliphatic carbocycles. The Morgan fingerprint density at radius 3 is 2.56 bits per heavy atom. The second-order valence-corrected chi connectivity index (χ2v) is 7.41. The van der Waals surface area contributed by atoms with Crippen molar-refractivity contribution in [1.29, 1.82) is 0 Å². The number of carbonyl (C=O) groups is 1. The Morgan fingerprint density at radius 1 is 1.12 bits per heavy atom. The summed E-state index contributed by atoms with van der Waals surface area (Å²) in [5, 5.41) is 0. The number of aromatic nitrogens is 2. The molecule has 0 bridgehead atoms. The summed E-state index contributed by atoms with van der Waals surface area (Å²) in [5.41, 5.74) is 4.10. The van der Waals surface area contributed by atoms with E-state index in [1.165, 1.54) is 11.1 Å². The van der Waals surface area contributed by atoms with Gasteiger partial charge in [-0.15, -0.1) is 0 Å². The van der Waals surface area contributed by atoms with E-state index in [2.05, 4.69) is 48.1 Å². The van der Waals surface area contributed by atoms with Crippen molar-refractivity contribution in [1.82, 2.24) is 9.97 Å². The minimum atomic E-state index is 0.168. The van der Waals surface area contributed by atoms with E-state index < -0.39 is 0 Å². The van der Waals surface area contributed by atoms with E-state index in [1.54, 1.807) is 11.1 Å². The average molecular weight is 337 g/mol. The zero-order valence-corrected chi connectivity index (χ0v) is 15.0. The molecule has 2 aromatic rings. The summed E-state index contributed by atoms with van der Waals surface area (Å²) < 4.78 is 0. The van der Waals surface area contributed by atoms with Crippen LogP contribution in [0.2, 0.25) is 0 Å². The largest absolute Gasteiger partial charge is 0.334 e. The van der Waals surface area contributed by atoms with Crippen molar-refractivity contribution in [2.75, 3.05) is 38.1 Å². The standard InChI is InChI=1S/C20H24N4O/c1-14-3-5-15(6-4-14)16-11-18-17(19(25)12-16)13-21-20(22-18)24-9-7-23(2)8-10-24/h3-6,13,16H,7-12H2,1-2H3/p+1/t16-/m0/s1. The maximum atomic E-state index is 12.6. The summed E-state index contributed by atoms with van der Waals surface area (Å²) in [6, 6.07) is 8.52. The van der Waals surface area contributed by atoms with Crippen molar-refractivity contribution in [3.05, 3.63) is 52.8 Å². The topological polar surface area (TPSA) is 50.5 Å². The van der Waals surface area contributed by atoms with Crippen LogP contribution in [0.4, 0.5) is 5.95 Å². The molecular formula is C20H25N4O+. The van der Waals surface area contributed by atoms with Crippen LogP contribution in [0.5, 0.6) is 0 Å². The summed E-state index contributed by atoms with van der Waals surface area (Å²) in [4.78, 5) is 25.6. The van der Waals surface area contributed by atoms with Gasteiger partial charge in [-0.25, -0.2) is 9.97 Å². The molecule has 1 aromatic carbocycles. The highest BCUT2D eigenvalue weighted by atomic mass is 16.1. The Hall–Kier alpha value is -2.27. The smallest absolute Gasteiger partial charge is 0.225 e. The normalized spacial score (nSPS) is 21.3. The summed E-state index contributed by atoms with van der Waals surface area (Å²) in [7, 11) is 2.22. The molecule has 1 aliphatic heterocycles. The first-order chi connectivity index (χ1) is 12.1. The van der Waals surface area contributed by atoms with Gasteiger partial charge in [-0.1, -0.05) is 29.8 Å². The third-order valence-electron chi connectivity index (χ3n) is 5.48. The van der Waals surface area contributed by atoms with Crippen molar-refractivity contribution in [3.63, 3.8) is 0 Å². The van der Waals surface area contributed by atoms with Crippen LogP contribution in [0.1, 0.15) is 39.5 Å². The van der Waals surface area contributed by atoms with Gasteiger partial charge in [0.15, 0.2) is 5.78 Å². The lowest BCUT2D eigenvalue weighted by atomic mass is 9.82. The molecule has 0 radical (unpaired) electrons. The molecule has 0 unspecified atom stereocenters. The number of carbonyl (C=O) groups excluding carboxylic acids is 1. The predicted octanol–water partition coefficient (Wildman–Crippen LogP) is 1.03. The van der Waals surface area contributed by atoms with E-state index in [1.807, 2.05) is 0 Å². The molecule has 4 rings (SSSR count). The maximum Gasteiger partial charge on any atom is 0.225 e. The minimum Gasteiger partial charge on any atom is -0.334 e. The van der Waals surface area contributed by atoms with Crippen LogP contribution in [0.25, 0.3) is 0 Å². The zero-order valence-electron chi connectivity index (χ0n) is 15.0. The number of likely N-dealkylation sites (N-methyl/N-ethyl adjacent to an activating group) is 1. The van der Waals surface area contributed by atoms with Crippen LogP contribution >= 0.6 is 0 Å². The molecule has 2 aliphatic rings. The molecule has 1 N–H and O–H groups in total. The van der Waals surface area contributed by atoms with Gasteiger partial charge >= 0.3 is 0 Å². The lowest BCUT2D eigenvalue weighted by molar-refractivity contribution is -0.880. The van der Waals surface area contributed by atoms with Crippen molar-refractivity contribution in [3.8, 4) is 0 Å². The Balaban J connectivity index is 1.59. The van der Waals surface area contributed by atoms with Gasteiger partial charge in [0.25, 0.3) is 0 Å². The molecule has 0 saturated carbocycles. The SMILES string of the molecule is Cc1ccc([C@@H]2CC(=O)c3cnc(N4CC[NH+](C)CC4)nc3C2)cc1.